The van der Waals surface area contributed by atoms with Gasteiger partial charge in [-0.2, -0.15) is 4.98 Å². The molecule has 2 aromatic heterocycles. The maximum Gasteiger partial charge on any atom is 0.267 e. The second kappa shape index (κ2) is 7.24. The van der Waals surface area contributed by atoms with Gasteiger partial charge in [0.2, 0.25) is 11.7 Å². The van der Waals surface area contributed by atoms with E-state index in [9.17, 15) is 4.79 Å². The molecule has 1 aromatic carbocycles. The number of halogens is 1. The quantitative estimate of drug-likeness (QED) is 0.625. The third kappa shape index (κ3) is 3.28. The lowest BCUT2D eigenvalue weighted by atomic mass is 9.96. The topological polar surface area (TPSA) is 85.0 Å². The van der Waals surface area contributed by atoms with Crippen molar-refractivity contribution in [3.63, 3.8) is 0 Å². The number of carbonyl (C=O) groups excluding carboxylic acids is 1. The van der Waals surface area contributed by atoms with Crippen molar-refractivity contribution in [3.8, 4) is 11.4 Å². The molecule has 1 aliphatic rings. The van der Waals surface area contributed by atoms with Gasteiger partial charge in [-0.25, -0.2) is 0 Å². The summed E-state index contributed by atoms with van der Waals surface area (Å²) in [5.41, 5.74) is 1.60. The number of hydrogen-bond donors (Lipinski definition) is 0. The molecular formula is C17H16BrN5O2S. The molecule has 4 rings (SSSR count). The Morgan fingerprint density at radius 1 is 1.31 bits per heavy atom. The monoisotopic (exact) mass is 433 g/mol. The van der Waals surface area contributed by atoms with Crippen LogP contribution in [0.4, 0.5) is 0 Å². The number of aromatic nitrogens is 4. The van der Waals surface area contributed by atoms with Gasteiger partial charge in [0, 0.05) is 29.0 Å². The third-order valence-electron chi connectivity index (χ3n) is 4.53. The van der Waals surface area contributed by atoms with Crippen LogP contribution >= 0.6 is 27.5 Å². The highest BCUT2D eigenvalue weighted by Crippen LogP contribution is 2.31. The zero-order valence-electron chi connectivity index (χ0n) is 14.1. The summed E-state index contributed by atoms with van der Waals surface area (Å²) < 4.78 is 10.3. The molecule has 134 valence electrons. The third-order valence-corrected chi connectivity index (χ3v) is 6.04. The van der Waals surface area contributed by atoms with E-state index in [1.54, 1.807) is 0 Å². The Morgan fingerprint density at radius 2 is 2.08 bits per heavy atom. The van der Waals surface area contributed by atoms with Crippen LogP contribution in [0.15, 0.2) is 33.3 Å². The average molecular weight is 434 g/mol. The van der Waals surface area contributed by atoms with Gasteiger partial charge in [0.1, 0.15) is 4.88 Å². The standard InChI is InChI=1S/C17H16BrN5O2S/c1-10-14(26-22-20-10)17(24)23-8-6-11(7-9-23)16-19-15(21-25-16)12-4-2-3-5-13(12)18/h2-5,11H,6-9H2,1H3. The predicted octanol–water partition coefficient (Wildman–Crippen LogP) is 3.68. The fourth-order valence-electron chi connectivity index (χ4n) is 3.05. The van der Waals surface area contributed by atoms with Gasteiger partial charge in [0.05, 0.1) is 5.69 Å². The number of rotatable bonds is 3. The van der Waals surface area contributed by atoms with Gasteiger partial charge in [0.15, 0.2) is 0 Å². The van der Waals surface area contributed by atoms with E-state index in [4.69, 9.17) is 4.52 Å². The van der Waals surface area contributed by atoms with E-state index in [0.29, 0.717) is 35.4 Å². The van der Waals surface area contributed by atoms with Crippen LogP contribution in [0.2, 0.25) is 0 Å². The summed E-state index contributed by atoms with van der Waals surface area (Å²) in [4.78, 5) is 19.6. The maximum atomic E-state index is 12.6. The van der Waals surface area contributed by atoms with Gasteiger partial charge in [-0.15, -0.1) is 5.10 Å². The van der Waals surface area contributed by atoms with Gasteiger partial charge in [-0.1, -0.05) is 37.7 Å². The van der Waals surface area contributed by atoms with Crippen molar-refractivity contribution in [2.24, 2.45) is 0 Å². The van der Waals surface area contributed by atoms with Gasteiger partial charge in [0.25, 0.3) is 5.91 Å². The van der Waals surface area contributed by atoms with E-state index in [1.165, 1.54) is 0 Å². The number of benzene rings is 1. The number of aryl methyl sites for hydroxylation is 1. The molecule has 9 heteroatoms. The molecule has 0 bridgehead atoms. The highest BCUT2D eigenvalue weighted by molar-refractivity contribution is 9.10. The maximum absolute atomic E-state index is 12.6. The second-order valence-corrected chi connectivity index (χ2v) is 7.80. The van der Waals surface area contributed by atoms with Crippen LogP contribution in [-0.2, 0) is 0 Å². The van der Waals surface area contributed by atoms with Crippen molar-refractivity contribution in [2.75, 3.05) is 13.1 Å². The van der Waals surface area contributed by atoms with E-state index in [0.717, 1.165) is 34.4 Å². The lowest BCUT2D eigenvalue weighted by molar-refractivity contribution is 0.0708. The summed E-state index contributed by atoms with van der Waals surface area (Å²) in [6, 6.07) is 7.79. The molecule has 7 nitrogen and oxygen atoms in total. The normalized spacial score (nSPS) is 15.4. The van der Waals surface area contributed by atoms with Gasteiger partial charge < -0.3 is 9.42 Å². The summed E-state index contributed by atoms with van der Waals surface area (Å²) in [6.07, 6.45) is 1.60. The number of hydrogen-bond acceptors (Lipinski definition) is 7. The van der Waals surface area contributed by atoms with Crippen molar-refractivity contribution >= 4 is 33.4 Å². The summed E-state index contributed by atoms with van der Waals surface area (Å²) in [6.45, 7) is 3.13. The van der Waals surface area contributed by atoms with Crippen LogP contribution in [-0.4, -0.2) is 43.6 Å². The van der Waals surface area contributed by atoms with E-state index in [2.05, 4.69) is 35.7 Å². The van der Waals surface area contributed by atoms with Gasteiger partial charge >= 0.3 is 0 Å². The summed E-state index contributed by atoms with van der Waals surface area (Å²) in [5, 5.41) is 8.03. The van der Waals surface area contributed by atoms with E-state index >= 15 is 0 Å². The zero-order valence-corrected chi connectivity index (χ0v) is 16.5. The van der Waals surface area contributed by atoms with Crippen molar-refractivity contribution in [2.45, 2.75) is 25.7 Å². The largest absolute Gasteiger partial charge is 0.339 e. The van der Waals surface area contributed by atoms with Crippen LogP contribution < -0.4 is 0 Å². The second-order valence-electron chi connectivity index (χ2n) is 6.19. The Hall–Kier alpha value is -2.13. The molecule has 1 saturated heterocycles. The molecule has 0 unspecified atom stereocenters. The Balaban J connectivity index is 1.43. The first-order chi connectivity index (χ1) is 12.6. The van der Waals surface area contributed by atoms with Gasteiger partial charge in [-0.3, -0.25) is 4.79 Å². The van der Waals surface area contributed by atoms with Crippen LogP contribution in [0.3, 0.4) is 0 Å². The lowest BCUT2D eigenvalue weighted by Gasteiger charge is -2.30. The van der Waals surface area contributed by atoms with Gasteiger partial charge in [-0.05, 0) is 43.4 Å². The Bertz CT molecular complexity index is 933. The van der Waals surface area contributed by atoms with Crippen LogP contribution in [0.25, 0.3) is 11.4 Å². The first-order valence-corrected chi connectivity index (χ1v) is 9.87. The van der Waals surface area contributed by atoms with Crippen LogP contribution in [0.1, 0.15) is 40.0 Å². The number of amides is 1. The smallest absolute Gasteiger partial charge is 0.267 e. The molecule has 1 fully saturated rings. The molecule has 26 heavy (non-hydrogen) atoms. The molecule has 0 atom stereocenters. The Morgan fingerprint density at radius 3 is 2.77 bits per heavy atom. The molecule has 3 heterocycles. The van der Waals surface area contributed by atoms with Crippen molar-refractivity contribution < 1.29 is 9.32 Å². The first-order valence-electron chi connectivity index (χ1n) is 8.30. The van der Waals surface area contributed by atoms with E-state index < -0.39 is 0 Å². The highest BCUT2D eigenvalue weighted by Gasteiger charge is 2.29. The number of carbonyl (C=O) groups is 1. The Labute approximate surface area is 162 Å². The number of nitrogens with zero attached hydrogens (tertiary/aromatic N) is 5. The summed E-state index contributed by atoms with van der Waals surface area (Å²) >= 11 is 4.66. The van der Waals surface area contributed by atoms with E-state index in [1.807, 2.05) is 36.1 Å². The number of likely N-dealkylation sites (tertiary alicyclic amines) is 1. The summed E-state index contributed by atoms with van der Waals surface area (Å²) in [7, 11) is 0. The molecule has 0 radical (unpaired) electrons. The molecule has 0 N–H and O–H groups in total. The molecule has 0 aliphatic carbocycles. The minimum Gasteiger partial charge on any atom is -0.339 e. The van der Waals surface area contributed by atoms with Crippen LogP contribution in [0, 0.1) is 6.92 Å². The lowest BCUT2D eigenvalue weighted by Crippen LogP contribution is -2.37. The minimum absolute atomic E-state index is 0.00962. The summed E-state index contributed by atoms with van der Waals surface area (Å²) in [5.74, 6) is 1.40. The molecular weight excluding hydrogens is 418 g/mol. The molecule has 3 aromatic rings. The van der Waals surface area contributed by atoms with Crippen LogP contribution in [0.5, 0.6) is 0 Å². The SMILES string of the molecule is Cc1nnsc1C(=O)N1CCC(c2nc(-c3ccccc3Br)no2)CC1. The fraction of sp³-hybridized carbons (Fsp3) is 0.353. The van der Waals surface area contributed by atoms with Crippen molar-refractivity contribution in [3.05, 3.63) is 45.2 Å². The fourth-order valence-corrected chi connectivity index (χ4v) is 4.14. The van der Waals surface area contributed by atoms with Crippen molar-refractivity contribution in [1.29, 1.82) is 0 Å². The van der Waals surface area contributed by atoms with Crippen molar-refractivity contribution in [1.82, 2.24) is 24.6 Å². The molecule has 0 saturated carbocycles. The molecule has 0 spiro atoms. The Kier molecular flexibility index (Phi) is 4.82. The molecule has 1 amide bonds. The predicted molar refractivity (Wildman–Crippen MR) is 100.0 cm³/mol. The number of piperidine rings is 1. The molecule has 1 aliphatic heterocycles. The average Bonchev–Trinajstić information content (AvgIpc) is 3.31. The first kappa shape index (κ1) is 17.3. The zero-order chi connectivity index (χ0) is 18.1. The minimum atomic E-state index is 0.00962. The van der Waals surface area contributed by atoms with E-state index in [-0.39, 0.29) is 11.8 Å². The highest BCUT2D eigenvalue weighted by atomic mass is 79.9.